The van der Waals surface area contributed by atoms with Gasteiger partial charge in [-0.3, -0.25) is 0 Å². The molecule has 2 aromatic carbocycles. The molecule has 2 nitrogen and oxygen atoms in total. The van der Waals surface area contributed by atoms with Crippen LogP contribution in [0.4, 0.5) is 0 Å². The third-order valence-electron chi connectivity index (χ3n) is 3.51. The maximum Gasteiger partial charge on any atom is 0.363 e. The molecule has 0 bridgehead atoms. The van der Waals surface area contributed by atoms with Gasteiger partial charge in [-0.2, -0.15) is 0 Å². The van der Waals surface area contributed by atoms with E-state index < -0.39 is 0 Å². The Morgan fingerprint density at radius 2 is 1.21 bits per heavy atom. The zero-order valence-corrected chi connectivity index (χ0v) is 11.7. The molecule has 3 heteroatoms. The zero-order chi connectivity index (χ0) is 13.5. The average molecular weight is 270 g/mol. The van der Waals surface area contributed by atoms with Crippen LogP contribution >= 0.6 is 12.2 Å². The van der Waals surface area contributed by atoms with E-state index in [1.54, 1.807) is 0 Å². The van der Waals surface area contributed by atoms with E-state index >= 15 is 0 Å². The second kappa shape index (κ2) is 4.35. The van der Waals surface area contributed by atoms with Crippen LogP contribution in [0, 0.1) is 0 Å². The molecule has 0 unspecified atom stereocenters. The predicted molar refractivity (Wildman–Crippen MR) is 78.9 cm³/mol. The van der Waals surface area contributed by atoms with E-state index in [4.69, 9.17) is 21.7 Å². The standard InChI is InChI=1S/C16H14O2S/c1-16(2)11-7-3-5-9-13(11)17-15(19)18-14-10-6-4-8-12(14)16/h3-10H,1-2H3. The molecule has 1 aliphatic rings. The van der Waals surface area contributed by atoms with Gasteiger partial charge in [0, 0.05) is 28.8 Å². The summed E-state index contributed by atoms with van der Waals surface area (Å²) in [7, 11) is 0. The fourth-order valence-electron chi connectivity index (χ4n) is 2.49. The van der Waals surface area contributed by atoms with Gasteiger partial charge in [0.1, 0.15) is 11.5 Å². The summed E-state index contributed by atoms with van der Waals surface area (Å²) in [5.41, 5.74) is 2.00. The number of rotatable bonds is 0. The largest absolute Gasteiger partial charge is 0.417 e. The first kappa shape index (κ1) is 12.2. The fourth-order valence-corrected chi connectivity index (χ4v) is 2.67. The van der Waals surface area contributed by atoms with Crippen LogP contribution in [0.2, 0.25) is 0 Å². The minimum Gasteiger partial charge on any atom is -0.417 e. The number of fused-ring (bicyclic) bond motifs is 2. The molecule has 96 valence electrons. The molecule has 0 N–H and O–H groups in total. The quantitative estimate of drug-likeness (QED) is 0.672. The van der Waals surface area contributed by atoms with Crippen LogP contribution in [-0.2, 0) is 5.41 Å². The first-order valence-electron chi connectivity index (χ1n) is 6.18. The summed E-state index contributed by atoms with van der Waals surface area (Å²) in [5, 5.41) is 0.135. The molecule has 0 fully saturated rings. The molecule has 0 saturated heterocycles. The van der Waals surface area contributed by atoms with Crippen LogP contribution in [-0.4, -0.2) is 5.24 Å². The second-order valence-electron chi connectivity index (χ2n) is 5.07. The molecule has 0 aromatic heterocycles. The van der Waals surface area contributed by atoms with Crippen LogP contribution in [0.15, 0.2) is 48.5 Å². The second-order valence-corrected chi connectivity index (χ2v) is 5.40. The van der Waals surface area contributed by atoms with Crippen molar-refractivity contribution < 1.29 is 9.47 Å². The van der Waals surface area contributed by atoms with Gasteiger partial charge in [0.05, 0.1) is 0 Å². The molecule has 19 heavy (non-hydrogen) atoms. The van der Waals surface area contributed by atoms with Crippen molar-refractivity contribution in [1.82, 2.24) is 0 Å². The molecule has 1 aliphatic heterocycles. The molecular weight excluding hydrogens is 256 g/mol. The third-order valence-corrected chi connectivity index (χ3v) is 3.67. The van der Waals surface area contributed by atoms with Gasteiger partial charge in [-0.1, -0.05) is 50.2 Å². The summed E-state index contributed by atoms with van der Waals surface area (Å²) in [4.78, 5) is 0. The van der Waals surface area contributed by atoms with Gasteiger partial charge in [-0.25, -0.2) is 0 Å². The topological polar surface area (TPSA) is 18.5 Å². The van der Waals surface area contributed by atoms with Gasteiger partial charge < -0.3 is 9.47 Å². The molecule has 0 spiro atoms. The van der Waals surface area contributed by atoms with Gasteiger partial charge in [0.15, 0.2) is 0 Å². The van der Waals surface area contributed by atoms with Gasteiger partial charge in [0.25, 0.3) is 0 Å². The van der Waals surface area contributed by atoms with E-state index in [1.165, 1.54) is 0 Å². The first-order valence-corrected chi connectivity index (χ1v) is 6.58. The predicted octanol–water partition coefficient (Wildman–Crippen LogP) is 4.07. The summed E-state index contributed by atoms with van der Waals surface area (Å²) in [5.74, 6) is 1.51. The van der Waals surface area contributed by atoms with E-state index in [0.717, 1.165) is 22.6 Å². The Morgan fingerprint density at radius 3 is 1.68 bits per heavy atom. The summed E-state index contributed by atoms with van der Waals surface area (Å²) in [6.07, 6.45) is 0. The zero-order valence-electron chi connectivity index (χ0n) is 10.8. The smallest absolute Gasteiger partial charge is 0.363 e. The SMILES string of the molecule is CC1(C)c2ccccc2OC(=S)Oc2ccccc21. The van der Waals surface area contributed by atoms with Crippen LogP contribution in [0.25, 0.3) is 0 Å². The highest BCUT2D eigenvalue weighted by Gasteiger charge is 2.32. The highest BCUT2D eigenvalue weighted by Crippen LogP contribution is 2.42. The molecular formula is C16H14O2S. The average Bonchev–Trinajstić information content (AvgIpc) is 2.38. The number of para-hydroxylation sites is 2. The lowest BCUT2D eigenvalue weighted by Crippen LogP contribution is -2.27. The van der Waals surface area contributed by atoms with Crippen LogP contribution in [0.3, 0.4) is 0 Å². The Labute approximate surface area is 118 Å². The highest BCUT2D eigenvalue weighted by molar-refractivity contribution is 7.79. The maximum absolute atomic E-state index is 5.64. The summed E-state index contributed by atoms with van der Waals surface area (Å²) in [6, 6.07) is 15.9. The van der Waals surface area contributed by atoms with E-state index in [9.17, 15) is 0 Å². The Morgan fingerprint density at radius 1 is 0.789 bits per heavy atom. The number of ether oxygens (including phenoxy) is 2. The lowest BCUT2D eigenvalue weighted by atomic mass is 9.77. The van der Waals surface area contributed by atoms with E-state index in [0.29, 0.717) is 0 Å². The van der Waals surface area contributed by atoms with Crippen molar-refractivity contribution >= 4 is 17.5 Å². The number of hydrogen-bond acceptors (Lipinski definition) is 3. The lowest BCUT2D eigenvalue weighted by molar-refractivity contribution is 0.377. The minimum absolute atomic E-state index is 0.135. The fraction of sp³-hybridized carbons (Fsp3) is 0.188. The first-order chi connectivity index (χ1) is 9.09. The molecule has 3 rings (SSSR count). The van der Waals surface area contributed by atoms with Gasteiger partial charge in [0.2, 0.25) is 0 Å². The molecule has 1 heterocycles. The van der Waals surface area contributed by atoms with Crippen LogP contribution in [0.1, 0.15) is 25.0 Å². The van der Waals surface area contributed by atoms with E-state index in [1.807, 2.05) is 36.4 Å². The maximum atomic E-state index is 5.64. The van der Waals surface area contributed by atoms with Crippen molar-refractivity contribution in [2.45, 2.75) is 19.3 Å². The third kappa shape index (κ3) is 2.00. The number of benzene rings is 2. The van der Waals surface area contributed by atoms with Crippen molar-refractivity contribution in [1.29, 1.82) is 0 Å². The monoisotopic (exact) mass is 270 g/mol. The normalized spacial score (nSPS) is 16.2. The van der Waals surface area contributed by atoms with Crippen LogP contribution in [0.5, 0.6) is 11.5 Å². The van der Waals surface area contributed by atoms with Crippen molar-refractivity contribution in [3.63, 3.8) is 0 Å². The van der Waals surface area contributed by atoms with Crippen molar-refractivity contribution in [3.05, 3.63) is 59.7 Å². The molecule has 0 saturated carbocycles. The summed E-state index contributed by atoms with van der Waals surface area (Å²) < 4.78 is 11.3. The Hall–Kier alpha value is -1.87. The Kier molecular flexibility index (Phi) is 2.79. The molecule has 0 amide bonds. The molecule has 0 radical (unpaired) electrons. The molecule has 0 atom stereocenters. The van der Waals surface area contributed by atoms with Crippen LogP contribution < -0.4 is 9.47 Å². The van der Waals surface area contributed by atoms with Gasteiger partial charge >= 0.3 is 5.24 Å². The van der Waals surface area contributed by atoms with Crippen molar-refractivity contribution in [2.75, 3.05) is 0 Å². The number of thiocarbonyl (C=S) groups is 1. The van der Waals surface area contributed by atoms with E-state index in [2.05, 4.69) is 26.0 Å². The van der Waals surface area contributed by atoms with Gasteiger partial charge in [-0.05, 0) is 12.1 Å². The van der Waals surface area contributed by atoms with E-state index in [-0.39, 0.29) is 10.7 Å². The lowest BCUT2D eigenvalue weighted by Gasteiger charge is -2.31. The Bertz CT molecular complexity index is 593. The van der Waals surface area contributed by atoms with Crippen molar-refractivity contribution in [3.8, 4) is 11.5 Å². The number of hydrogen-bond donors (Lipinski definition) is 0. The summed E-state index contributed by atoms with van der Waals surface area (Å²) >= 11 is 5.14. The summed E-state index contributed by atoms with van der Waals surface area (Å²) in [6.45, 7) is 4.32. The molecule has 2 aromatic rings. The molecule has 0 aliphatic carbocycles. The minimum atomic E-state index is -0.205. The van der Waals surface area contributed by atoms with Crippen molar-refractivity contribution in [2.24, 2.45) is 0 Å². The highest BCUT2D eigenvalue weighted by atomic mass is 32.1. The Balaban J connectivity index is 2.28. The van der Waals surface area contributed by atoms with Gasteiger partial charge in [-0.15, -0.1) is 0 Å².